The molecule has 1 N–H and O–H groups in total. The highest BCUT2D eigenvalue weighted by Crippen LogP contribution is 2.41. The molecule has 0 bridgehead atoms. The van der Waals surface area contributed by atoms with Gasteiger partial charge in [0.15, 0.2) is 16.3 Å². The molecule has 1 unspecified atom stereocenters. The zero-order valence-corrected chi connectivity index (χ0v) is 22.5. The van der Waals surface area contributed by atoms with E-state index in [1.165, 1.54) is 24.0 Å². The Labute approximate surface area is 228 Å². The monoisotopic (exact) mass is 544 g/mol. The SMILES string of the molecule is CCOc1ccc(C2C3=C(N=c4sc(=Cc5cc(Cl)c(O)c(OC)c5)c(=O)n42)c2ccccc2CC3)cc1. The molecule has 8 heteroatoms. The van der Waals surface area contributed by atoms with E-state index in [9.17, 15) is 9.90 Å². The Morgan fingerprint density at radius 2 is 1.95 bits per heavy atom. The van der Waals surface area contributed by atoms with E-state index in [0.717, 1.165) is 41.0 Å². The van der Waals surface area contributed by atoms with Crippen molar-refractivity contribution in [2.45, 2.75) is 25.8 Å². The van der Waals surface area contributed by atoms with Gasteiger partial charge in [-0.1, -0.05) is 59.3 Å². The van der Waals surface area contributed by atoms with Crippen molar-refractivity contribution >= 4 is 34.7 Å². The van der Waals surface area contributed by atoms with Gasteiger partial charge in [0.05, 0.1) is 35.0 Å². The average Bonchev–Trinajstić information content (AvgIpc) is 3.24. The van der Waals surface area contributed by atoms with Gasteiger partial charge in [-0.05, 0) is 72.4 Å². The van der Waals surface area contributed by atoms with E-state index in [0.29, 0.717) is 21.5 Å². The third-order valence-electron chi connectivity index (χ3n) is 6.95. The molecule has 0 fully saturated rings. The number of nitrogens with zero attached hydrogens (tertiary/aromatic N) is 2. The van der Waals surface area contributed by atoms with Crippen molar-refractivity contribution in [1.29, 1.82) is 0 Å². The number of ether oxygens (including phenoxy) is 2. The fourth-order valence-electron chi connectivity index (χ4n) is 5.22. The van der Waals surface area contributed by atoms with Crippen molar-refractivity contribution in [2.75, 3.05) is 13.7 Å². The molecule has 2 heterocycles. The van der Waals surface area contributed by atoms with E-state index in [1.807, 2.05) is 37.3 Å². The van der Waals surface area contributed by atoms with E-state index in [2.05, 4.69) is 18.2 Å². The normalized spacial score (nSPS) is 16.4. The maximum absolute atomic E-state index is 13.9. The van der Waals surface area contributed by atoms with E-state index in [-0.39, 0.29) is 28.1 Å². The third kappa shape index (κ3) is 4.12. The number of allylic oxidation sites excluding steroid dienone is 1. The fraction of sp³-hybridized carbons (Fsp3) is 0.200. The molecular weight excluding hydrogens is 520 g/mol. The highest BCUT2D eigenvalue weighted by atomic mass is 35.5. The number of halogens is 1. The van der Waals surface area contributed by atoms with E-state index < -0.39 is 0 Å². The summed E-state index contributed by atoms with van der Waals surface area (Å²) in [6.45, 7) is 2.55. The summed E-state index contributed by atoms with van der Waals surface area (Å²) in [5.74, 6) is 0.912. The van der Waals surface area contributed by atoms with Crippen LogP contribution in [-0.4, -0.2) is 23.4 Å². The standard InChI is InChI=1S/C30H25ClN2O4S/c1-3-37-20-11-8-19(9-12-20)27-22-13-10-18-6-4-5-7-21(18)26(22)32-30-33(27)29(35)25(38-30)16-17-14-23(31)28(34)24(15-17)36-2/h4-9,11-12,14-16,27,34H,3,10,13H2,1-2H3. The molecule has 1 atom stereocenters. The summed E-state index contributed by atoms with van der Waals surface area (Å²) >= 11 is 7.55. The molecule has 6 nitrogen and oxygen atoms in total. The van der Waals surface area contributed by atoms with Gasteiger partial charge in [0.1, 0.15) is 5.75 Å². The smallest absolute Gasteiger partial charge is 0.271 e. The summed E-state index contributed by atoms with van der Waals surface area (Å²) in [6, 6.07) is 19.3. The number of rotatable bonds is 5. The number of phenolic OH excluding ortho intramolecular Hbond substituents is 1. The fourth-order valence-corrected chi connectivity index (χ4v) is 6.44. The topological polar surface area (TPSA) is 73.1 Å². The first kappa shape index (κ1) is 24.5. The zero-order valence-electron chi connectivity index (χ0n) is 20.9. The predicted octanol–water partition coefficient (Wildman–Crippen LogP) is 5.09. The number of methoxy groups -OCH3 is 1. The maximum atomic E-state index is 13.9. The second-order valence-corrected chi connectivity index (χ2v) is 10.6. The van der Waals surface area contributed by atoms with Gasteiger partial charge in [-0.25, -0.2) is 4.99 Å². The minimum atomic E-state index is -0.273. The Hall–Kier alpha value is -3.81. The van der Waals surface area contributed by atoms with Crippen LogP contribution in [0, 0.1) is 0 Å². The molecule has 192 valence electrons. The van der Waals surface area contributed by atoms with Crippen LogP contribution in [-0.2, 0) is 6.42 Å². The molecule has 1 aliphatic heterocycles. The van der Waals surface area contributed by atoms with Crippen LogP contribution in [0.5, 0.6) is 17.2 Å². The lowest BCUT2D eigenvalue weighted by atomic mass is 9.83. The number of hydrogen-bond donors (Lipinski definition) is 1. The number of thiazole rings is 1. The van der Waals surface area contributed by atoms with Crippen LogP contribution in [0.3, 0.4) is 0 Å². The summed E-state index contributed by atoms with van der Waals surface area (Å²) in [6.07, 6.45) is 3.49. The van der Waals surface area contributed by atoms with Crippen LogP contribution < -0.4 is 24.4 Å². The van der Waals surface area contributed by atoms with Crippen molar-refractivity contribution in [2.24, 2.45) is 4.99 Å². The van der Waals surface area contributed by atoms with Crippen molar-refractivity contribution in [3.63, 3.8) is 0 Å². The molecule has 6 rings (SSSR count). The molecule has 1 aliphatic carbocycles. The van der Waals surface area contributed by atoms with Crippen molar-refractivity contribution in [3.05, 3.63) is 113 Å². The van der Waals surface area contributed by atoms with Gasteiger partial charge in [0, 0.05) is 5.56 Å². The van der Waals surface area contributed by atoms with E-state index in [1.54, 1.807) is 22.8 Å². The van der Waals surface area contributed by atoms with Gasteiger partial charge in [-0.3, -0.25) is 9.36 Å². The predicted molar refractivity (Wildman–Crippen MR) is 150 cm³/mol. The largest absolute Gasteiger partial charge is 0.503 e. The first-order chi connectivity index (χ1) is 18.5. The second kappa shape index (κ2) is 9.82. The Balaban J connectivity index is 1.57. The summed E-state index contributed by atoms with van der Waals surface area (Å²) in [5, 5.41) is 10.3. The van der Waals surface area contributed by atoms with Crippen LogP contribution in [0.1, 0.15) is 41.6 Å². The van der Waals surface area contributed by atoms with Gasteiger partial charge in [-0.15, -0.1) is 0 Å². The van der Waals surface area contributed by atoms with Crippen LogP contribution in [0.15, 0.2) is 76.0 Å². The number of benzene rings is 3. The van der Waals surface area contributed by atoms with E-state index in [4.69, 9.17) is 26.1 Å². The minimum absolute atomic E-state index is 0.124. The Kier molecular flexibility index (Phi) is 6.33. The van der Waals surface area contributed by atoms with Crippen LogP contribution in [0.25, 0.3) is 11.8 Å². The zero-order chi connectivity index (χ0) is 26.4. The number of aromatic hydroxyl groups is 1. The summed E-state index contributed by atoms with van der Waals surface area (Å²) in [7, 11) is 1.46. The minimum Gasteiger partial charge on any atom is -0.503 e. The second-order valence-electron chi connectivity index (χ2n) is 9.17. The molecule has 0 radical (unpaired) electrons. The number of fused-ring (bicyclic) bond motifs is 3. The number of hydrogen-bond acceptors (Lipinski definition) is 6. The molecule has 3 aromatic carbocycles. The first-order valence-electron chi connectivity index (χ1n) is 12.4. The lowest BCUT2D eigenvalue weighted by molar-refractivity contribution is 0.340. The Bertz CT molecular complexity index is 1770. The number of phenols is 1. The van der Waals surface area contributed by atoms with Crippen LogP contribution >= 0.6 is 22.9 Å². The summed E-state index contributed by atoms with van der Waals surface area (Å²) in [4.78, 5) is 19.6. The molecule has 0 amide bonds. The molecule has 4 aromatic rings. The molecule has 0 spiro atoms. The quantitative estimate of drug-likeness (QED) is 0.380. The van der Waals surface area contributed by atoms with Gasteiger partial charge in [-0.2, -0.15) is 0 Å². The Morgan fingerprint density at radius 3 is 2.71 bits per heavy atom. The van der Waals surface area contributed by atoms with Gasteiger partial charge >= 0.3 is 0 Å². The number of aromatic nitrogens is 1. The lowest BCUT2D eigenvalue weighted by Gasteiger charge is -2.30. The van der Waals surface area contributed by atoms with Crippen LogP contribution in [0.4, 0.5) is 0 Å². The molecule has 38 heavy (non-hydrogen) atoms. The molecular formula is C30H25ClN2O4S. The highest BCUT2D eigenvalue weighted by molar-refractivity contribution is 7.07. The van der Waals surface area contributed by atoms with Gasteiger partial charge < -0.3 is 14.6 Å². The molecule has 0 saturated carbocycles. The summed E-state index contributed by atoms with van der Waals surface area (Å²) in [5.41, 5.74) is 6.02. The van der Waals surface area contributed by atoms with Crippen molar-refractivity contribution in [1.82, 2.24) is 4.57 Å². The molecule has 1 aromatic heterocycles. The number of aryl methyl sites for hydroxylation is 1. The van der Waals surface area contributed by atoms with Gasteiger partial charge in [0.25, 0.3) is 5.56 Å². The van der Waals surface area contributed by atoms with Crippen molar-refractivity contribution in [3.8, 4) is 17.2 Å². The van der Waals surface area contributed by atoms with Crippen LogP contribution in [0.2, 0.25) is 5.02 Å². The average molecular weight is 545 g/mol. The Morgan fingerprint density at radius 1 is 1.16 bits per heavy atom. The highest BCUT2D eigenvalue weighted by Gasteiger charge is 2.32. The first-order valence-corrected chi connectivity index (χ1v) is 13.6. The summed E-state index contributed by atoms with van der Waals surface area (Å²) < 4.78 is 13.2. The van der Waals surface area contributed by atoms with Crippen molar-refractivity contribution < 1.29 is 14.6 Å². The van der Waals surface area contributed by atoms with E-state index >= 15 is 0 Å². The van der Waals surface area contributed by atoms with Gasteiger partial charge in [0.2, 0.25) is 0 Å². The lowest BCUT2D eigenvalue weighted by Crippen LogP contribution is -2.38. The molecule has 0 saturated heterocycles. The third-order valence-corrected chi connectivity index (χ3v) is 8.22. The maximum Gasteiger partial charge on any atom is 0.271 e. The molecule has 2 aliphatic rings.